The molecule has 0 amide bonds. The van der Waals surface area contributed by atoms with Crippen molar-refractivity contribution in [2.45, 2.75) is 33.1 Å². The van der Waals surface area contributed by atoms with Crippen molar-refractivity contribution < 1.29 is 4.74 Å². The van der Waals surface area contributed by atoms with Gasteiger partial charge in [0.2, 0.25) is 0 Å². The summed E-state index contributed by atoms with van der Waals surface area (Å²) >= 11 is 0. The largest absolute Gasteiger partial charge is 0.457 e. The molecule has 0 aliphatic carbocycles. The average molecular weight is 255 g/mol. The summed E-state index contributed by atoms with van der Waals surface area (Å²) in [5.74, 6) is 2.20. The third kappa shape index (κ3) is 3.28. The van der Waals surface area contributed by atoms with Crippen molar-refractivity contribution in [1.82, 2.24) is 0 Å². The summed E-state index contributed by atoms with van der Waals surface area (Å²) in [5.41, 5.74) is 8.94. The fourth-order valence-electron chi connectivity index (χ4n) is 2.16. The molecule has 0 fully saturated rings. The fraction of sp³-hybridized carbons (Fsp3) is 0.294. The van der Waals surface area contributed by atoms with Gasteiger partial charge in [0.15, 0.2) is 0 Å². The Hall–Kier alpha value is -1.96. The van der Waals surface area contributed by atoms with E-state index in [-0.39, 0.29) is 0 Å². The standard InChI is InChI=1S/C17H21NO/c1-4-13(3)16-7-5-6-8-17(16)19-15-10-12(2)9-14(18)11-15/h5-11,13H,4,18H2,1-3H3. The van der Waals surface area contributed by atoms with Gasteiger partial charge in [-0.1, -0.05) is 32.0 Å². The molecule has 0 aromatic heterocycles. The number of rotatable bonds is 4. The van der Waals surface area contributed by atoms with Crippen molar-refractivity contribution >= 4 is 5.69 Å². The van der Waals surface area contributed by atoms with Crippen LogP contribution in [0.3, 0.4) is 0 Å². The molecule has 0 saturated heterocycles. The van der Waals surface area contributed by atoms with Crippen molar-refractivity contribution in [2.75, 3.05) is 5.73 Å². The summed E-state index contributed by atoms with van der Waals surface area (Å²) < 4.78 is 6.01. The summed E-state index contributed by atoms with van der Waals surface area (Å²) in [6.07, 6.45) is 1.09. The van der Waals surface area contributed by atoms with E-state index < -0.39 is 0 Å². The van der Waals surface area contributed by atoms with Crippen LogP contribution in [-0.4, -0.2) is 0 Å². The molecule has 19 heavy (non-hydrogen) atoms. The molecule has 1 atom stereocenters. The molecule has 2 N–H and O–H groups in total. The molecule has 0 bridgehead atoms. The summed E-state index contributed by atoms with van der Waals surface area (Å²) in [7, 11) is 0. The fourth-order valence-corrected chi connectivity index (χ4v) is 2.16. The Morgan fingerprint density at radius 2 is 1.89 bits per heavy atom. The summed E-state index contributed by atoms with van der Waals surface area (Å²) in [4.78, 5) is 0. The van der Waals surface area contributed by atoms with Gasteiger partial charge in [-0.3, -0.25) is 0 Å². The Labute approximate surface area is 115 Å². The van der Waals surface area contributed by atoms with Crippen molar-refractivity contribution in [3.05, 3.63) is 53.6 Å². The van der Waals surface area contributed by atoms with Crippen LogP contribution in [0.2, 0.25) is 0 Å². The first-order chi connectivity index (χ1) is 9.10. The van der Waals surface area contributed by atoms with E-state index in [1.807, 2.05) is 37.3 Å². The van der Waals surface area contributed by atoms with Gasteiger partial charge in [-0.05, 0) is 48.6 Å². The molecule has 0 spiro atoms. The number of benzene rings is 2. The van der Waals surface area contributed by atoms with E-state index >= 15 is 0 Å². The van der Waals surface area contributed by atoms with E-state index in [1.165, 1.54) is 5.56 Å². The maximum Gasteiger partial charge on any atom is 0.130 e. The second kappa shape index (κ2) is 5.79. The number of hydrogen-bond acceptors (Lipinski definition) is 2. The van der Waals surface area contributed by atoms with Gasteiger partial charge in [-0.15, -0.1) is 0 Å². The molecular weight excluding hydrogens is 234 g/mol. The van der Waals surface area contributed by atoms with Gasteiger partial charge in [0.05, 0.1) is 0 Å². The molecule has 2 nitrogen and oxygen atoms in total. The average Bonchev–Trinajstić information content (AvgIpc) is 2.37. The molecule has 2 heteroatoms. The third-order valence-electron chi connectivity index (χ3n) is 3.36. The molecule has 0 heterocycles. The third-order valence-corrected chi connectivity index (χ3v) is 3.36. The summed E-state index contributed by atoms with van der Waals surface area (Å²) in [6, 6.07) is 14.0. The molecule has 0 aliphatic rings. The van der Waals surface area contributed by atoms with Crippen LogP contribution in [0, 0.1) is 6.92 Å². The van der Waals surface area contributed by atoms with Crippen molar-refractivity contribution in [3.8, 4) is 11.5 Å². The number of nitrogen functional groups attached to an aromatic ring is 1. The highest BCUT2D eigenvalue weighted by atomic mass is 16.5. The van der Waals surface area contributed by atoms with E-state index in [2.05, 4.69) is 26.0 Å². The second-order valence-corrected chi connectivity index (χ2v) is 5.03. The van der Waals surface area contributed by atoms with Gasteiger partial charge in [0.25, 0.3) is 0 Å². The Bertz CT molecular complexity index is 543. The number of anilines is 1. The van der Waals surface area contributed by atoms with Gasteiger partial charge in [-0.2, -0.15) is 0 Å². The van der Waals surface area contributed by atoms with Crippen LogP contribution in [0.5, 0.6) is 11.5 Å². The molecule has 2 rings (SSSR count). The Kier molecular flexibility index (Phi) is 4.10. The smallest absolute Gasteiger partial charge is 0.130 e. The van der Waals surface area contributed by atoms with Crippen molar-refractivity contribution in [1.29, 1.82) is 0 Å². The first kappa shape index (κ1) is 13.5. The van der Waals surface area contributed by atoms with Crippen LogP contribution in [0.4, 0.5) is 5.69 Å². The lowest BCUT2D eigenvalue weighted by Gasteiger charge is -2.16. The molecule has 2 aromatic rings. The number of ether oxygens (including phenoxy) is 1. The van der Waals surface area contributed by atoms with Crippen LogP contribution in [0.15, 0.2) is 42.5 Å². The molecule has 0 saturated carbocycles. The van der Waals surface area contributed by atoms with Gasteiger partial charge in [0.1, 0.15) is 11.5 Å². The van der Waals surface area contributed by atoms with Crippen LogP contribution in [-0.2, 0) is 0 Å². The van der Waals surface area contributed by atoms with Gasteiger partial charge in [-0.25, -0.2) is 0 Å². The van der Waals surface area contributed by atoms with Crippen LogP contribution >= 0.6 is 0 Å². The van der Waals surface area contributed by atoms with Crippen molar-refractivity contribution in [3.63, 3.8) is 0 Å². The lowest BCUT2D eigenvalue weighted by atomic mass is 9.98. The Balaban J connectivity index is 2.32. The molecule has 100 valence electrons. The minimum absolute atomic E-state index is 0.485. The van der Waals surface area contributed by atoms with Crippen LogP contribution in [0.25, 0.3) is 0 Å². The summed E-state index contributed by atoms with van der Waals surface area (Å²) in [5, 5.41) is 0. The number of aryl methyl sites for hydroxylation is 1. The van der Waals surface area contributed by atoms with Crippen LogP contribution in [0.1, 0.15) is 37.3 Å². The predicted octanol–water partition coefficient (Wildman–Crippen LogP) is 4.88. The lowest BCUT2D eigenvalue weighted by Crippen LogP contribution is -1.96. The van der Waals surface area contributed by atoms with Gasteiger partial charge in [0, 0.05) is 11.8 Å². The highest BCUT2D eigenvalue weighted by Gasteiger charge is 2.10. The number of hydrogen-bond donors (Lipinski definition) is 1. The number of para-hydroxylation sites is 1. The monoisotopic (exact) mass is 255 g/mol. The summed E-state index contributed by atoms with van der Waals surface area (Å²) in [6.45, 7) is 6.42. The topological polar surface area (TPSA) is 35.2 Å². The second-order valence-electron chi connectivity index (χ2n) is 5.03. The van der Waals surface area contributed by atoms with E-state index in [4.69, 9.17) is 10.5 Å². The zero-order valence-corrected chi connectivity index (χ0v) is 11.8. The lowest BCUT2D eigenvalue weighted by molar-refractivity contribution is 0.470. The van der Waals surface area contributed by atoms with Crippen molar-refractivity contribution in [2.24, 2.45) is 0 Å². The molecule has 2 aromatic carbocycles. The normalized spacial score (nSPS) is 12.2. The number of nitrogens with two attached hydrogens (primary N) is 1. The van der Waals surface area contributed by atoms with E-state index in [9.17, 15) is 0 Å². The highest BCUT2D eigenvalue weighted by molar-refractivity contribution is 5.49. The maximum atomic E-state index is 6.01. The quantitative estimate of drug-likeness (QED) is 0.790. The Morgan fingerprint density at radius 3 is 2.58 bits per heavy atom. The van der Waals surface area contributed by atoms with E-state index in [1.54, 1.807) is 0 Å². The SMILES string of the molecule is CCC(C)c1ccccc1Oc1cc(C)cc(N)c1. The minimum Gasteiger partial charge on any atom is -0.457 e. The van der Waals surface area contributed by atoms with Crippen LogP contribution < -0.4 is 10.5 Å². The predicted molar refractivity (Wildman–Crippen MR) is 80.8 cm³/mol. The van der Waals surface area contributed by atoms with Gasteiger partial charge >= 0.3 is 0 Å². The first-order valence-corrected chi connectivity index (χ1v) is 6.74. The zero-order valence-electron chi connectivity index (χ0n) is 11.8. The zero-order chi connectivity index (χ0) is 13.8. The molecule has 0 radical (unpaired) electrons. The van der Waals surface area contributed by atoms with E-state index in [0.29, 0.717) is 5.92 Å². The van der Waals surface area contributed by atoms with Gasteiger partial charge < -0.3 is 10.5 Å². The molecule has 0 aliphatic heterocycles. The first-order valence-electron chi connectivity index (χ1n) is 6.74. The van der Waals surface area contributed by atoms with E-state index in [0.717, 1.165) is 29.2 Å². The minimum atomic E-state index is 0.485. The highest BCUT2D eigenvalue weighted by Crippen LogP contribution is 2.32. The molecule has 1 unspecified atom stereocenters. The molecular formula is C17H21NO. The Morgan fingerprint density at radius 1 is 1.16 bits per heavy atom. The maximum absolute atomic E-state index is 6.01.